The van der Waals surface area contributed by atoms with Crippen LogP contribution in [0.15, 0.2) is 35.2 Å². The van der Waals surface area contributed by atoms with Crippen molar-refractivity contribution in [3.05, 3.63) is 52.6 Å². The van der Waals surface area contributed by atoms with Crippen LogP contribution in [0.5, 0.6) is 5.75 Å². The standard InChI is InChI=1S/C20H26N2O4S/c1-12-11-13(2)15(4)19(14(12)3)27(24,25)22-16(5)20(23)21-17-7-9-18(26-6)10-8-17/h7-11,16,22H,1-6H3,(H,21,23)/t16-/m0/s1. The molecule has 0 aromatic heterocycles. The van der Waals surface area contributed by atoms with Crippen molar-refractivity contribution in [3.8, 4) is 5.75 Å². The van der Waals surface area contributed by atoms with E-state index in [2.05, 4.69) is 10.0 Å². The van der Waals surface area contributed by atoms with Gasteiger partial charge in [0.2, 0.25) is 15.9 Å². The van der Waals surface area contributed by atoms with Crippen molar-refractivity contribution < 1.29 is 17.9 Å². The molecular weight excluding hydrogens is 364 g/mol. The number of amides is 1. The first kappa shape index (κ1) is 20.9. The average molecular weight is 391 g/mol. The van der Waals surface area contributed by atoms with Gasteiger partial charge in [-0.05, 0) is 81.1 Å². The average Bonchev–Trinajstić information content (AvgIpc) is 2.60. The van der Waals surface area contributed by atoms with Crippen LogP contribution in [0, 0.1) is 27.7 Å². The molecule has 0 aliphatic heterocycles. The van der Waals surface area contributed by atoms with Crippen LogP contribution in [0.25, 0.3) is 0 Å². The first-order chi connectivity index (χ1) is 12.6. The second kappa shape index (κ2) is 8.10. The fraction of sp³-hybridized carbons (Fsp3) is 0.350. The van der Waals surface area contributed by atoms with E-state index in [1.54, 1.807) is 45.2 Å². The van der Waals surface area contributed by atoms with Gasteiger partial charge in [-0.3, -0.25) is 4.79 Å². The summed E-state index contributed by atoms with van der Waals surface area (Å²) in [6.45, 7) is 8.82. The van der Waals surface area contributed by atoms with Crippen molar-refractivity contribution in [2.24, 2.45) is 0 Å². The number of benzene rings is 2. The predicted octanol–water partition coefficient (Wildman–Crippen LogP) is 3.23. The molecule has 2 aromatic carbocycles. The van der Waals surface area contributed by atoms with Gasteiger partial charge in [-0.15, -0.1) is 0 Å². The highest BCUT2D eigenvalue weighted by atomic mass is 32.2. The number of carbonyl (C=O) groups is 1. The molecule has 0 aliphatic rings. The molecule has 0 fully saturated rings. The summed E-state index contributed by atoms with van der Waals surface area (Å²) in [5, 5.41) is 2.70. The third kappa shape index (κ3) is 4.67. The lowest BCUT2D eigenvalue weighted by atomic mass is 10.0. The molecule has 1 atom stereocenters. The summed E-state index contributed by atoms with van der Waals surface area (Å²) in [4.78, 5) is 12.7. The molecule has 0 aliphatic carbocycles. The van der Waals surface area contributed by atoms with E-state index in [4.69, 9.17) is 4.74 Å². The van der Waals surface area contributed by atoms with Gasteiger partial charge >= 0.3 is 0 Å². The normalized spacial score (nSPS) is 12.5. The topological polar surface area (TPSA) is 84.5 Å². The van der Waals surface area contributed by atoms with E-state index in [1.165, 1.54) is 6.92 Å². The number of hydrogen-bond donors (Lipinski definition) is 2. The van der Waals surface area contributed by atoms with Crippen LogP contribution in [0.1, 0.15) is 29.2 Å². The second-order valence-electron chi connectivity index (χ2n) is 6.65. The van der Waals surface area contributed by atoms with E-state index in [9.17, 15) is 13.2 Å². The number of rotatable bonds is 6. The number of carbonyl (C=O) groups excluding carboxylic acids is 1. The molecule has 1 amide bonds. The van der Waals surface area contributed by atoms with Gasteiger partial charge in [0.25, 0.3) is 0 Å². The summed E-state index contributed by atoms with van der Waals surface area (Å²) >= 11 is 0. The van der Waals surface area contributed by atoms with E-state index in [0.29, 0.717) is 22.6 Å². The quantitative estimate of drug-likeness (QED) is 0.793. The lowest BCUT2D eigenvalue weighted by molar-refractivity contribution is -0.117. The summed E-state index contributed by atoms with van der Waals surface area (Å²) in [6, 6.07) is 7.84. The predicted molar refractivity (Wildman–Crippen MR) is 107 cm³/mol. The monoisotopic (exact) mass is 390 g/mol. The SMILES string of the molecule is COc1ccc(NC(=O)[C@H](C)NS(=O)(=O)c2c(C)c(C)cc(C)c2C)cc1. The van der Waals surface area contributed by atoms with Gasteiger partial charge in [0.05, 0.1) is 18.0 Å². The minimum absolute atomic E-state index is 0.240. The molecule has 0 radical (unpaired) electrons. The maximum atomic E-state index is 12.9. The minimum atomic E-state index is -3.84. The molecule has 2 N–H and O–H groups in total. The molecule has 0 spiro atoms. The molecule has 0 unspecified atom stereocenters. The van der Waals surface area contributed by atoms with Crippen molar-refractivity contribution in [3.63, 3.8) is 0 Å². The van der Waals surface area contributed by atoms with Crippen LogP contribution in [0.4, 0.5) is 5.69 Å². The summed E-state index contributed by atoms with van der Waals surface area (Å²) in [5.74, 6) is 0.228. The molecule has 7 heteroatoms. The van der Waals surface area contributed by atoms with Crippen molar-refractivity contribution in [1.29, 1.82) is 0 Å². The molecule has 27 heavy (non-hydrogen) atoms. The van der Waals surface area contributed by atoms with E-state index in [-0.39, 0.29) is 4.90 Å². The Balaban J connectivity index is 2.21. The van der Waals surface area contributed by atoms with Gasteiger partial charge in [0, 0.05) is 5.69 Å². The van der Waals surface area contributed by atoms with Gasteiger partial charge in [-0.2, -0.15) is 4.72 Å². The van der Waals surface area contributed by atoms with Crippen LogP contribution < -0.4 is 14.8 Å². The highest BCUT2D eigenvalue weighted by Gasteiger charge is 2.26. The lowest BCUT2D eigenvalue weighted by Crippen LogP contribution is -2.42. The summed E-state index contributed by atoms with van der Waals surface area (Å²) in [5.41, 5.74) is 3.73. The van der Waals surface area contributed by atoms with Crippen molar-refractivity contribution >= 4 is 21.6 Å². The van der Waals surface area contributed by atoms with Crippen molar-refractivity contribution in [2.75, 3.05) is 12.4 Å². The Kier molecular flexibility index (Phi) is 6.28. The maximum absolute atomic E-state index is 12.9. The number of nitrogens with one attached hydrogen (secondary N) is 2. The maximum Gasteiger partial charge on any atom is 0.242 e. The zero-order valence-electron chi connectivity index (χ0n) is 16.5. The zero-order valence-corrected chi connectivity index (χ0v) is 17.3. The third-order valence-corrected chi connectivity index (χ3v) is 6.46. The van der Waals surface area contributed by atoms with Crippen LogP contribution in [-0.4, -0.2) is 27.5 Å². The minimum Gasteiger partial charge on any atom is -0.497 e. The van der Waals surface area contributed by atoms with Crippen molar-refractivity contribution in [1.82, 2.24) is 4.72 Å². The number of aryl methyl sites for hydroxylation is 2. The highest BCUT2D eigenvalue weighted by Crippen LogP contribution is 2.26. The van der Waals surface area contributed by atoms with Crippen LogP contribution in [0.2, 0.25) is 0 Å². The van der Waals surface area contributed by atoms with Gasteiger partial charge in [-0.1, -0.05) is 6.07 Å². The lowest BCUT2D eigenvalue weighted by Gasteiger charge is -2.19. The van der Waals surface area contributed by atoms with Crippen LogP contribution in [-0.2, 0) is 14.8 Å². The molecule has 0 bridgehead atoms. The molecular formula is C20H26N2O4S. The third-order valence-electron chi connectivity index (χ3n) is 4.65. The van der Waals surface area contributed by atoms with E-state index in [1.807, 2.05) is 19.9 Å². The zero-order chi connectivity index (χ0) is 20.4. The highest BCUT2D eigenvalue weighted by molar-refractivity contribution is 7.89. The fourth-order valence-electron chi connectivity index (χ4n) is 2.85. The number of hydrogen-bond acceptors (Lipinski definition) is 4. The van der Waals surface area contributed by atoms with E-state index >= 15 is 0 Å². The molecule has 0 saturated carbocycles. The molecule has 0 heterocycles. The Bertz CT molecular complexity index is 925. The fourth-order valence-corrected chi connectivity index (χ4v) is 4.67. The largest absolute Gasteiger partial charge is 0.497 e. The van der Waals surface area contributed by atoms with Crippen molar-refractivity contribution in [2.45, 2.75) is 45.6 Å². The van der Waals surface area contributed by atoms with E-state index < -0.39 is 22.0 Å². The number of ether oxygens (including phenoxy) is 1. The van der Waals surface area contributed by atoms with Crippen LogP contribution >= 0.6 is 0 Å². The molecule has 0 saturated heterocycles. The Morgan fingerprint density at radius 1 is 1.00 bits per heavy atom. The Hall–Kier alpha value is -2.38. The van der Waals surface area contributed by atoms with Gasteiger partial charge in [0.1, 0.15) is 5.75 Å². The summed E-state index contributed by atoms with van der Waals surface area (Å²) in [6.07, 6.45) is 0. The van der Waals surface area contributed by atoms with E-state index in [0.717, 1.165) is 11.1 Å². The Morgan fingerprint density at radius 3 is 2.00 bits per heavy atom. The number of sulfonamides is 1. The Morgan fingerprint density at radius 2 is 1.52 bits per heavy atom. The number of anilines is 1. The summed E-state index contributed by atoms with van der Waals surface area (Å²) in [7, 11) is -2.29. The molecule has 6 nitrogen and oxygen atoms in total. The van der Waals surface area contributed by atoms with Gasteiger partial charge in [-0.25, -0.2) is 8.42 Å². The molecule has 2 rings (SSSR count). The van der Waals surface area contributed by atoms with Crippen LogP contribution in [0.3, 0.4) is 0 Å². The molecule has 2 aromatic rings. The summed E-state index contributed by atoms with van der Waals surface area (Å²) < 4.78 is 33.4. The van der Waals surface area contributed by atoms with Gasteiger partial charge < -0.3 is 10.1 Å². The second-order valence-corrected chi connectivity index (χ2v) is 8.30. The number of methoxy groups -OCH3 is 1. The first-order valence-electron chi connectivity index (χ1n) is 8.61. The van der Waals surface area contributed by atoms with Gasteiger partial charge in [0.15, 0.2) is 0 Å². The first-order valence-corrected chi connectivity index (χ1v) is 10.1. The molecule has 146 valence electrons. The smallest absolute Gasteiger partial charge is 0.242 e. The Labute approximate surface area is 161 Å².